The molecule has 3 nitrogen and oxygen atoms in total. The van der Waals surface area contributed by atoms with Crippen LogP contribution in [0.15, 0.2) is 54.6 Å². The van der Waals surface area contributed by atoms with Gasteiger partial charge in [0.1, 0.15) is 5.75 Å². The topological polar surface area (TPSA) is 38.3 Å². The molecule has 0 radical (unpaired) electrons. The molecule has 0 saturated heterocycles. The smallest absolute Gasteiger partial charge is 0.248 e. The van der Waals surface area contributed by atoms with Gasteiger partial charge in [0.25, 0.3) is 0 Å². The van der Waals surface area contributed by atoms with Crippen molar-refractivity contribution in [1.82, 2.24) is 0 Å². The minimum absolute atomic E-state index is 0.246. The lowest BCUT2D eigenvalue weighted by molar-refractivity contribution is -0.111. The molecule has 0 fully saturated rings. The molecule has 0 atom stereocenters. The number of ether oxygens (including phenoxy) is 1. The van der Waals surface area contributed by atoms with Gasteiger partial charge in [0.15, 0.2) is 0 Å². The molecular weight excluding hydrogens is 274 g/mol. The van der Waals surface area contributed by atoms with Gasteiger partial charge in [-0.3, -0.25) is 4.79 Å². The molecule has 20 heavy (non-hydrogen) atoms. The van der Waals surface area contributed by atoms with Crippen LogP contribution in [0, 0.1) is 0 Å². The Morgan fingerprint density at radius 1 is 1.15 bits per heavy atom. The molecular formula is C16H14ClNO2. The number of rotatable bonds is 4. The van der Waals surface area contributed by atoms with Crippen LogP contribution in [-0.2, 0) is 4.79 Å². The number of anilines is 1. The van der Waals surface area contributed by atoms with E-state index in [0.717, 1.165) is 5.56 Å². The fraction of sp³-hybridized carbons (Fsp3) is 0.0625. The van der Waals surface area contributed by atoms with Gasteiger partial charge in [-0.15, -0.1) is 0 Å². The average molecular weight is 288 g/mol. The van der Waals surface area contributed by atoms with Gasteiger partial charge in [-0.05, 0) is 24.3 Å². The summed E-state index contributed by atoms with van der Waals surface area (Å²) in [4.78, 5) is 11.8. The Morgan fingerprint density at radius 3 is 2.60 bits per heavy atom. The quantitative estimate of drug-likeness (QED) is 0.863. The number of carbonyl (C=O) groups is 1. The van der Waals surface area contributed by atoms with Crippen molar-refractivity contribution in [3.8, 4) is 5.75 Å². The molecule has 2 rings (SSSR count). The third-order valence-corrected chi connectivity index (χ3v) is 3.01. The molecule has 0 aliphatic rings. The second-order valence-corrected chi connectivity index (χ2v) is 4.45. The van der Waals surface area contributed by atoms with Gasteiger partial charge < -0.3 is 10.1 Å². The van der Waals surface area contributed by atoms with E-state index >= 15 is 0 Å². The normalized spacial score (nSPS) is 10.5. The molecule has 1 N–H and O–H groups in total. The van der Waals surface area contributed by atoms with Crippen molar-refractivity contribution in [3.05, 3.63) is 65.2 Å². The monoisotopic (exact) mass is 287 g/mol. The van der Waals surface area contributed by atoms with Crippen molar-refractivity contribution in [2.24, 2.45) is 0 Å². The Balaban J connectivity index is 2.08. The Labute approximate surface area is 122 Å². The third-order valence-electron chi connectivity index (χ3n) is 2.68. The van der Waals surface area contributed by atoms with Gasteiger partial charge in [-0.25, -0.2) is 0 Å². The van der Waals surface area contributed by atoms with Crippen molar-refractivity contribution in [1.29, 1.82) is 0 Å². The predicted molar refractivity (Wildman–Crippen MR) is 82.1 cm³/mol. The van der Waals surface area contributed by atoms with E-state index in [4.69, 9.17) is 16.3 Å². The number of benzene rings is 2. The molecule has 102 valence electrons. The van der Waals surface area contributed by atoms with E-state index in [1.165, 1.54) is 6.08 Å². The standard InChI is InChI=1S/C16H14ClNO2/c1-20-15-9-5-2-6-12(15)10-11-16(19)18-14-8-4-3-7-13(14)17/h2-11H,1H3,(H,18,19). The number of hydrogen-bond acceptors (Lipinski definition) is 2. The number of halogens is 1. The molecule has 1 amide bonds. The first-order chi connectivity index (χ1) is 9.70. The van der Waals surface area contributed by atoms with Crippen LogP contribution in [0.2, 0.25) is 5.02 Å². The number of para-hydroxylation sites is 2. The lowest BCUT2D eigenvalue weighted by Crippen LogP contribution is -2.07. The summed E-state index contributed by atoms with van der Waals surface area (Å²) in [5.74, 6) is 0.471. The van der Waals surface area contributed by atoms with Crippen LogP contribution < -0.4 is 10.1 Å². The summed E-state index contributed by atoms with van der Waals surface area (Å²) < 4.78 is 5.21. The van der Waals surface area contributed by atoms with Gasteiger partial charge in [-0.1, -0.05) is 41.9 Å². The summed E-state index contributed by atoms with van der Waals surface area (Å²) in [5, 5.41) is 3.23. The van der Waals surface area contributed by atoms with E-state index in [-0.39, 0.29) is 5.91 Å². The first-order valence-corrected chi connectivity index (χ1v) is 6.45. The van der Waals surface area contributed by atoms with Crippen LogP contribution >= 0.6 is 11.6 Å². The molecule has 4 heteroatoms. The first kappa shape index (κ1) is 14.2. The van der Waals surface area contributed by atoms with Crippen molar-refractivity contribution in [3.63, 3.8) is 0 Å². The Hall–Kier alpha value is -2.26. The fourth-order valence-electron chi connectivity index (χ4n) is 1.71. The van der Waals surface area contributed by atoms with Crippen molar-refractivity contribution in [2.45, 2.75) is 0 Å². The average Bonchev–Trinajstić information content (AvgIpc) is 2.48. The van der Waals surface area contributed by atoms with Crippen LogP contribution in [0.3, 0.4) is 0 Å². The summed E-state index contributed by atoms with van der Waals surface area (Å²) in [6, 6.07) is 14.6. The minimum atomic E-state index is -0.246. The zero-order chi connectivity index (χ0) is 14.4. The molecule has 0 saturated carbocycles. The molecule has 2 aromatic carbocycles. The zero-order valence-corrected chi connectivity index (χ0v) is 11.7. The highest BCUT2D eigenvalue weighted by atomic mass is 35.5. The van der Waals surface area contributed by atoms with Crippen LogP contribution in [0.5, 0.6) is 5.75 Å². The van der Waals surface area contributed by atoms with Gasteiger partial charge in [0.2, 0.25) is 5.91 Å². The molecule has 0 aliphatic heterocycles. The first-order valence-electron chi connectivity index (χ1n) is 6.07. The highest BCUT2D eigenvalue weighted by Crippen LogP contribution is 2.21. The van der Waals surface area contributed by atoms with E-state index in [1.54, 1.807) is 25.3 Å². The maximum Gasteiger partial charge on any atom is 0.248 e. The molecule has 0 aliphatic carbocycles. The summed E-state index contributed by atoms with van der Waals surface area (Å²) in [5.41, 5.74) is 1.42. The van der Waals surface area contributed by atoms with Crippen molar-refractivity contribution < 1.29 is 9.53 Å². The largest absolute Gasteiger partial charge is 0.496 e. The van der Waals surface area contributed by atoms with Crippen LogP contribution in [0.1, 0.15) is 5.56 Å². The van der Waals surface area contributed by atoms with Crippen LogP contribution in [0.25, 0.3) is 6.08 Å². The van der Waals surface area contributed by atoms with E-state index in [0.29, 0.717) is 16.5 Å². The van der Waals surface area contributed by atoms with Gasteiger partial charge >= 0.3 is 0 Å². The maximum atomic E-state index is 11.8. The molecule has 0 bridgehead atoms. The fourth-order valence-corrected chi connectivity index (χ4v) is 1.89. The summed E-state index contributed by atoms with van der Waals surface area (Å²) >= 11 is 5.97. The van der Waals surface area contributed by atoms with E-state index in [1.807, 2.05) is 36.4 Å². The lowest BCUT2D eigenvalue weighted by Gasteiger charge is -2.05. The van der Waals surface area contributed by atoms with Crippen molar-refractivity contribution in [2.75, 3.05) is 12.4 Å². The SMILES string of the molecule is COc1ccccc1C=CC(=O)Nc1ccccc1Cl. The highest BCUT2D eigenvalue weighted by molar-refractivity contribution is 6.33. The summed E-state index contributed by atoms with van der Waals surface area (Å²) in [6.45, 7) is 0. The Morgan fingerprint density at radius 2 is 1.85 bits per heavy atom. The van der Waals surface area contributed by atoms with Crippen LogP contribution in [0.4, 0.5) is 5.69 Å². The highest BCUT2D eigenvalue weighted by Gasteiger charge is 2.02. The number of hydrogen-bond donors (Lipinski definition) is 1. The molecule has 0 heterocycles. The van der Waals surface area contributed by atoms with Crippen LogP contribution in [-0.4, -0.2) is 13.0 Å². The number of nitrogens with one attached hydrogen (secondary N) is 1. The van der Waals surface area contributed by atoms with Gasteiger partial charge in [-0.2, -0.15) is 0 Å². The zero-order valence-electron chi connectivity index (χ0n) is 11.0. The second-order valence-electron chi connectivity index (χ2n) is 4.04. The summed E-state index contributed by atoms with van der Waals surface area (Å²) in [6.07, 6.45) is 3.15. The predicted octanol–water partition coefficient (Wildman–Crippen LogP) is 4.00. The Bertz CT molecular complexity index is 638. The molecule has 0 spiro atoms. The van der Waals surface area contributed by atoms with Crippen molar-refractivity contribution >= 4 is 29.3 Å². The number of methoxy groups -OCH3 is 1. The summed E-state index contributed by atoms with van der Waals surface area (Å²) in [7, 11) is 1.59. The van der Waals surface area contributed by atoms with E-state index in [9.17, 15) is 4.79 Å². The Kier molecular flexibility index (Phi) is 4.80. The lowest BCUT2D eigenvalue weighted by atomic mass is 10.2. The maximum absolute atomic E-state index is 11.8. The molecule has 2 aromatic rings. The van der Waals surface area contributed by atoms with Gasteiger partial charge in [0, 0.05) is 11.6 Å². The molecule has 0 aromatic heterocycles. The minimum Gasteiger partial charge on any atom is -0.496 e. The van der Waals surface area contributed by atoms with E-state index in [2.05, 4.69) is 5.32 Å². The number of amides is 1. The van der Waals surface area contributed by atoms with Gasteiger partial charge in [0.05, 0.1) is 17.8 Å². The second kappa shape index (κ2) is 6.78. The van der Waals surface area contributed by atoms with E-state index < -0.39 is 0 Å². The third kappa shape index (κ3) is 3.62. The number of carbonyl (C=O) groups excluding carboxylic acids is 1. The molecule has 0 unspecified atom stereocenters.